The molecule has 1 heteroatoms. The summed E-state index contributed by atoms with van der Waals surface area (Å²) in [5.41, 5.74) is 2.50. The van der Waals surface area contributed by atoms with Gasteiger partial charge in [-0.25, -0.2) is 0 Å². The third kappa shape index (κ3) is 2.04. The number of aromatic nitrogens is 1. The van der Waals surface area contributed by atoms with Crippen molar-refractivity contribution in [3.63, 3.8) is 0 Å². The van der Waals surface area contributed by atoms with Crippen LogP contribution in [0.25, 0.3) is 0 Å². The molecule has 0 aliphatic heterocycles. The van der Waals surface area contributed by atoms with E-state index in [2.05, 4.69) is 37.9 Å². The number of hydrogen-bond donors (Lipinski definition) is 0. The Morgan fingerprint density at radius 1 is 1.36 bits per heavy atom. The molecule has 0 saturated heterocycles. The van der Waals surface area contributed by atoms with E-state index in [0.29, 0.717) is 5.92 Å². The molecule has 0 radical (unpaired) electrons. The van der Waals surface area contributed by atoms with E-state index >= 15 is 0 Å². The third-order valence-corrected chi connectivity index (χ3v) is 1.88. The van der Waals surface area contributed by atoms with E-state index in [9.17, 15) is 0 Å². The first-order valence-electron chi connectivity index (χ1n) is 4.19. The van der Waals surface area contributed by atoms with Gasteiger partial charge in [0.2, 0.25) is 0 Å². The zero-order chi connectivity index (χ0) is 8.27. The van der Waals surface area contributed by atoms with Crippen LogP contribution in [0.15, 0.2) is 18.3 Å². The van der Waals surface area contributed by atoms with E-state index in [0.717, 1.165) is 6.42 Å². The molecule has 0 aliphatic rings. The van der Waals surface area contributed by atoms with E-state index in [1.54, 1.807) is 0 Å². The van der Waals surface area contributed by atoms with Crippen molar-refractivity contribution in [3.8, 4) is 0 Å². The van der Waals surface area contributed by atoms with Gasteiger partial charge in [0.25, 0.3) is 0 Å². The van der Waals surface area contributed by atoms with Crippen LogP contribution >= 0.6 is 0 Å². The van der Waals surface area contributed by atoms with E-state index in [-0.39, 0.29) is 0 Å². The molecule has 1 aromatic rings. The highest BCUT2D eigenvalue weighted by atomic mass is 14.7. The van der Waals surface area contributed by atoms with E-state index < -0.39 is 0 Å². The Bertz CT molecular complexity index is 211. The zero-order valence-corrected chi connectivity index (χ0v) is 7.46. The van der Waals surface area contributed by atoms with Gasteiger partial charge in [-0.15, -0.1) is 0 Å². The Morgan fingerprint density at radius 3 is 2.45 bits per heavy atom. The van der Waals surface area contributed by atoms with E-state index in [1.807, 2.05) is 6.20 Å². The Labute approximate surface area is 68.5 Å². The first-order valence-corrected chi connectivity index (χ1v) is 4.19. The van der Waals surface area contributed by atoms with Gasteiger partial charge in [0.15, 0.2) is 0 Å². The first kappa shape index (κ1) is 8.25. The summed E-state index contributed by atoms with van der Waals surface area (Å²) in [5.74, 6) is 0.591. The summed E-state index contributed by atoms with van der Waals surface area (Å²) >= 11 is 0. The molecule has 0 aliphatic carbocycles. The average molecular weight is 149 g/mol. The Hall–Kier alpha value is -0.850. The van der Waals surface area contributed by atoms with Crippen molar-refractivity contribution in [1.29, 1.82) is 0 Å². The van der Waals surface area contributed by atoms with Crippen LogP contribution in [0.3, 0.4) is 0 Å². The van der Waals surface area contributed by atoms with Crippen LogP contribution in [0.5, 0.6) is 0 Å². The van der Waals surface area contributed by atoms with Crippen molar-refractivity contribution in [1.82, 2.24) is 4.98 Å². The van der Waals surface area contributed by atoms with Crippen LogP contribution in [-0.4, -0.2) is 4.98 Å². The SMILES string of the molecule is CCc1ccc(C(C)C)cn1. The van der Waals surface area contributed by atoms with Gasteiger partial charge in [-0.1, -0.05) is 26.8 Å². The Kier molecular flexibility index (Phi) is 2.64. The summed E-state index contributed by atoms with van der Waals surface area (Å²) in [6.45, 7) is 6.49. The molecular weight excluding hydrogens is 134 g/mol. The van der Waals surface area contributed by atoms with Crippen LogP contribution in [0.1, 0.15) is 37.9 Å². The molecule has 0 unspecified atom stereocenters. The summed E-state index contributed by atoms with van der Waals surface area (Å²) < 4.78 is 0. The quantitative estimate of drug-likeness (QED) is 0.630. The Morgan fingerprint density at radius 2 is 2.09 bits per heavy atom. The van der Waals surface area contributed by atoms with Crippen LogP contribution < -0.4 is 0 Å². The van der Waals surface area contributed by atoms with Gasteiger partial charge in [0.1, 0.15) is 0 Å². The number of pyridine rings is 1. The molecule has 0 atom stereocenters. The van der Waals surface area contributed by atoms with Crippen molar-refractivity contribution in [2.24, 2.45) is 0 Å². The molecule has 0 fully saturated rings. The average Bonchev–Trinajstić information content (AvgIpc) is 2.05. The molecular formula is C10H15N. The second-order valence-electron chi connectivity index (χ2n) is 3.09. The van der Waals surface area contributed by atoms with E-state index in [1.165, 1.54) is 11.3 Å². The van der Waals surface area contributed by atoms with Crippen molar-refractivity contribution in [3.05, 3.63) is 29.6 Å². The Balaban J connectivity index is 2.83. The molecule has 1 heterocycles. The summed E-state index contributed by atoms with van der Waals surface area (Å²) in [6.07, 6.45) is 3.00. The summed E-state index contributed by atoms with van der Waals surface area (Å²) in [5, 5.41) is 0. The molecule has 0 aromatic carbocycles. The number of nitrogens with zero attached hydrogens (tertiary/aromatic N) is 1. The fourth-order valence-corrected chi connectivity index (χ4v) is 0.987. The van der Waals surface area contributed by atoms with Gasteiger partial charge in [-0.3, -0.25) is 4.98 Å². The normalized spacial score (nSPS) is 10.5. The van der Waals surface area contributed by atoms with E-state index in [4.69, 9.17) is 0 Å². The maximum Gasteiger partial charge on any atom is 0.0401 e. The van der Waals surface area contributed by atoms with Gasteiger partial charge < -0.3 is 0 Å². The summed E-state index contributed by atoms with van der Waals surface area (Å²) in [7, 11) is 0. The van der Waals surface area contributed by atoms with Gasteiger partial charge in [0.05, 0.1) is 0 Å². The second kappa shape index (κ2) is 3.51. The lowest BCUT2D eigenvalue weighted by Gasteiger charge is -2.04. The molecule has 1 nitrogen and oxygen atoms in total. The van der Waals surface area contributed by atoms with Crippen LogP contribution in [-0.2, 0) is 6.42 Å². The fraction of sp³-hybridized carbons (Fsp3) is 0.500. The highest BCUT2D eigenvalue weighted by Crippen LogP contribution is 2.12. The molecule has 0 amide bonds. The van der Waals surface area contributed by atoms with Crippen LogP contribution in [0.2, 0.25) is 0 Å². The van der Waals surface area contributed by atoms with Gasteiger partial charge in [-0.2, -0.15) is 0 Å². The molecule has 0 N–H and O–H groups in total. The van der Waals surface area contributed by atoms with Crippen molar-refractivity contribution in [2.45, 2.75) is 33.1 Å². The third-order valence-electron chi connectivity index (χ3n) is 1.88. The van der Waals surface area contributed by atoms with Crippen molar-refractivity contribution in [2.75, 3.05) is 0 Å². The maximum absolute atomic E-state index is 4.32. The standard InChI is InChI=1S/C10H15N/c1-4-10-6-5-9(7-11-10)8(2)3/h5-8H,4H2,1-3H3. The molecule has 1 rings (SSSR count). The summed E-state index contributed by atoms with van der Waals surface area (Å²) in [4.78, 5) is 4.32. The predicted octanol–water partition coefficient (Wildman–Crippen LogP) is 2.77. The number of hydrogen-bond acceptors (Lipinski definition) is 1. The van der Waals surface area contributed by atoms with Crippen molar-refractivity contribution >= 4 is 0 Å². The minimum atomic E-state index is 0.591. The lowest BCUT2D eigenvalue weighted by molar-refractivity contribution is 0.851. The lowest BCUT2D eigenvalue weighted by atomic mass is 10.1. The lowest BCUT2D eigenvalue weighted by Crippen LogP contribution is -1.91. The molecule has 0 spiro atoms. The number of rotatable bonds is 2. The number of aryl methyl sites for hydroxylation is 1. The predicted molar refractivity (Wildman–Crippen MR) is 47.7 cm³/mol. The van der Waals surface area contributed by atoms with Crippen molar-refractivity contribution < 1.29 is 0 Å². The topological polar surface area (TPSA) is 12.9 Å². The monoisotopic (exact) mass is 149 g/mol. The molecule has 1 aromatic heterocycles. The highest BCUT2D eigenvalue weighted by molar-refractivity contribution is 5.16. The molecule has 0 saturated carbocycles. The first-order chi connectivity index (χ1) is 5.24. The minimum Gasteiger partial charge on any atom is -0.261 e. The van der Waals surface area contributed by atoms with Gasteiger partial charge >= 0.3 is 0 Å². The van der Waals surface area contributed by atoms with Crippen LogP contribution in [0.4, 0.5) is 0 Å². The largest absolute Gasteiger partial charge is 0.261 e. The molecule has 0 bridgehead atoms. The summed E-state index contributed by atoms with van der Waals surface area (Å²) in [6, 6.07) is 4.27. The molecule has 11 heavy (non-hydrogen) atoms. The second-order valence-corrected chi connectivity index (χ2v) is 3.09. The van der Waals surface area contributed by atoms with Gasteiger partial charge in [-0.05, 0) is 24.0 Å². The maximum atomic E-state index is 4.32. The highest BCUT2D eigenvalue weighted by Gasteiger charge is 1.97. The zero-order valence-electron chi connectivity index (χ0n) is 7.46. The van der Waals surface area contributed by atoms with Gasteiger partial charge in [0, 0.05) is 11.9 Å². The van der Waals surface area contributed by atoms with Crippen LogP contribution in [0, 0.1) is 0 Å². The molecule has 60 valence electrons. The minimum absolute atomic E-state index is 0.591. The smallest absolute Gasteiger partial charge is 0.0401 e. The fourth-order valence-electron chi connectivity index (χ4n) is 0.987.